The highest BCUT2D eigenvalue weighted by Gasteiger charge is 2.41. The molecule has 64 heavy (non-hydrogen) atoms. The SMILES string of the molecule is CC1(C)c2ccccc2-c2cccc(-c3ccc(N(c4ccc(-c5ccc6c(c5)C(C)(c5ccccc5)c5ccccc5-6)cc4)c4ccc(-c5ccc6ccccc6c5)cc4)cc3)c21. The van der Waals surface area contributed by atoms with Crippen LogP contribution in [0.5, 0.6) is 0 Å². The Morgan fingerprint density at radius 2 is 0.766 bits per heavy atom. The summed E-state index contributed by atoms with van der Waals surface area (Å²) in [5.74, 6) is 0. The molecule has 0 amide bonds. The smallest absolute Gasteiger partial charge is 0.0462 e. The molecule has 0 aliphatic heterocycles. The molecule has 1 nitrogen and oxygen atoms in total. The first-order valence-corrected chi connectivity index (χ1v) is 22.5. The summed E-state index contributed by atoms with van der Waals surface area (Å²) in [6, 6.07) is 85.3. The number of hydrogen-bond donors (Lipinski definition) is 0. The zero-order chi connectivity index (χ0) is 43.0. The zero-order valence-corrected chi connectivity index (χ0v) is 36.4. The number of rotatable bonds is 7. The van der Waals surface area contributed by atoms with Crippen molar-refractivity contribution in [2.24, 2.45) is 0 Å². The van der Waals surface area contributed by atoms with Gasteiger partial charge in [-0.1, -0.05) is 196 Å². The lowest BCUT2D eigenvalue weighted by molar-refractivity contribution is 0.662. The summed E-state index contributed by atoms with van der Waals surface area (Å²) in [4.78, 5) is 2.39. The van der Waals surface area contributed by atoms with Gasteiger partial charge in [0.15, 0.2) is 0 Å². The topological polar surface area (TPSA) is 3.24 Å². The van der Waals surface area contributed by atoms with Crippen LogP contribution in [-0.2, 0) is 10.8 Å². The average Bonchev–Trinajstić information content (AvgIpc) is 3.76. The molecule has 1 atom stereocenters. The van der Waals surface area contributed by atoms with Gasteiger partial charge in [-0.2, -0.15) is 0 Å². The van der Waals surface area contributed by atoms with Crippen molar-refractivity contribution >= 4 is 27.8 Å². The van der Waals surface area contributed by atoms with Gasteiger partial charge in [-0.25, -0.2) is 0 Å². The molecular formula is C63H47N. The van der Waals surface area contributed by atoms with Crippen LogP contribution in [0, 0.1) is 0 Å². The molecule has 0 radical (unpaired) electrons. The van der Waals surface area contributed by atoms with E-state index in [1.54, 1.807) is 0 Å². The molecule has 0 saturated carbocycles. The second-order valence-corrected chi connectivity index (χ2v) is 18.2. The first-order chi connectivity index (χ1) is 31.4. The normalized spacial score (nSPS) is 15.3. The molecule has 1 heteroatoms. The van der Waals surface area contributed by atoms with E-state index in [4.69, 9.17) is 0 Å². The van der Waals surface area contributed by atoms with Crippen LogP contribution in [-0.4, -0.2) is 0 Å². The van der Waals surface area contributed by atoms with Crippen LogP contribution < -0.4 is 4.90 Å². The predicted molar refractivity (Wildman–Crippen MR) is 270 cm³/mol. The van der Waals surface area contributed by atoms with E-state index in [1.165, 1.54) is 94.2 Å². The number of anilines is 3. The molecule has 0 N–H and O–H groups in total. The highest BCUT2D eigenvalue weighted by molar-refractivity contribution is 5.91. The summed E-state index contributed by atoms with van der Waals surface area (Å²) in [5.41, 5.74) is 22.5. The van der Waals surface area contributed by atoms with Gasteiger partial charge < -0.3 is 4.90 Å². The Labute approximate surface area is 376 Å². The van der Waals surface area contributed by atoms with Gasteiger partial charge in [0.05, 0.1) is 0 Å². The van der Waals surface area contributed by atoms with Gasteiger partial charge in [-0.3, -0.25) is 0 Å². The van der Waals surface area contributed by atoms with Crippen LogP contribution >= 0.6 is 0 Å². The Balaban J connectivity index is 0.929. The minimum Gasteiger partial charge on any atom is -0.311 e. The molecule has 0 heterocycles. The molecule has 10 aromatic rings. The third kappa shape index (κ3) is 5.92. The molecule has 0 bridgehead atoms. The van der Waals surface area contributed by atoms with Crippen LogP contribution in [0.3, 0.4) is 0 Å². The molecule has 0 aromatic heterocycles. The Hall–Kier alpha value is -7.74. The van der Waals surface area contributed by atoms with E-state index < -0.39 is 0 Å². The second kappa shape index (κ2) is 14.7. The fourth-order valence-corrected chi connectivity index (χ4v) is 11.1. The number of nitrogens with zero attached hydrogens (tertiary/aromatic N) is 1. The fourth-order valence-electron chi connectivity index (χ4n) is 11.1. The van der Waals surface area contributed by atoms with Crippen molar-refractivity contribution in [3.05, 3.63) is 258 Å². The Kier molecular flexibility index (Phi) is 8.71. The van der Waals surface area contributed by atoms with Crippen LogP contribution in [0.25, 0.3) is 66.4 Å². The monoisotopic (exact) mass is 817 g/mol. The van der Waals surface area contributed by atoms with Crippen molar-refractivity contribution in [1.29, 1.82) is 0 Å². The minimum atomic E-state index is -0.245. The van der Waals surface area contributed by atoms with E-state index in [0.717, 1.165) is 17.1 Å². The summed E-state index contributed by atoms with van der Waals surface area (Å²) in [6.07, 6.45) is 0. The molecule has 0 spiro atoms. The molecule has 0 saturated heterocycles. The highest BCUT2D eigenvalue weighted by atomic mass is 15.1. The van der Waals surface area contributed by atoms with Crippen LogP contribution in [0.4, 0.5) is 17.1 Å². The lowest BCUT2D eigenvalue weighted by atomic mass is 9.74. The molecular weight excluding hydrogens is 771 g/mol. The maximum Gasteiger partial charge on any atom is 0.0462 e. The lowest BCUT2D eigenvalue weighted by Gasteiger charge is -2.28. The first-order valence-electron chi connectivity index (χ1n) is 22.5. The number of benzene rings is 10. The molecule has 1 unspecified atom stereocenters. The van der Waals surface area contributed by atoms with Gasteiger partial charge in [0.2, 0.25) is 0 Å². The molecule has 0 fully saturated rings. The first kappa shape index (κ1) is 38.0. The molecule has 304 valence electrons. The molecule has 2 aliphatic rings. The summed E-state index contributed by atoms with van der Waals surface area (Å²) in [6.45, 7) is 7.12. The zero-order valence-electron chi connectivity index (χ0n) is 36.4. The predicted octanol–water partition coefficient (Wildman–Crippen LogP) is 17.0. The van der Waals surface area contributed by atoms with E-state index in [2.05, 4.69) is 256 Å². The fraction of sp³-hybridized carbons (Fsp3) is 0.0794. The summed E-state index contributed by atoms with van der Waals surface area (Å²) < 4.78 is 0. The van der Waals surface area contributed by atoms with Crippen molar-refractivity contribution in [3.63, 3.8) is 0 Å². The van der Waals surface area contributed by atoms with Crippen LogP contribution in [0.1, 0.15) is 48.6 Å². The maximum absolute atomic E-state index is 2.43. The minimum absolute atomic E-state index is 0.0925. The van der Waals surface area contributed by atoms with Gasteiger partial charge in [0.1, 0.15) is 0 Å². The highest BCUT2D eigenvalue weighted by Crippen LogP contribution is 2.54. The summed E-state index contributed by atoms with van der Waals surface area (Å²) in [7, 11) is 0. The second-order valence-electron chi connectivity index (χ2n) is 18.2. The third-order valence-electron chi connectivity index (χ3n) is 14.3. The van der Waals surface area contributed by atoms with E-state index in [9.17, 15) is 0 Å². The van der Waals surface area contributed by atoms with Crippen LogP contribution in [0.2, 0.25) is 0 Å². The van der Waals surface area contributed by atoms with E-state index >= 15 is 0 Å². The van der Waals surface area contributed by atoms with Gasteiger partial charge in [0, 0.05) is 27.9 Å². The largest absolute Gasteiger partial charge is 0.311 e. The molecule has 10 aromatic carbocycles. The van der Waals surface area contributed by atoms with Gasteiger partial charge in [0.25, 0.3) is 0 Å². The van der Waals surface area contributed by atoms with Crippen molar-refractivity contribution in [2.75, 3.05) is 4.90 Å². The van der Waals surface area contributed by atoms with Crippen molar-refractivity contribution in [3.8, 4) is 55.6 Å². The third-order valence-corrected chi connectivity index (χ3v) is 14.3. The quantitative estimate of drug-likeness (QED) is 0.155. The summed E-state index contributed by atoms with van der Waals surface area (Å²) >= 11 is 0. The van der Waals surface area contributed by atoms with Gasteiger partial charge >= 0.3 is 0 Å². The maximum atomic E-state index is 2.43. The Bertz CT molecular complexity index is 3390. The van der Waals surface area contributed by atoms with E-state index in [-0.39, 0.29) is 10.8 Å². The molecule has 12 rings (SSSR count). The van der Waals surface area contributed by atoms with Crippen molar-refractivity contribution in [2.45, 2.75) is 31.6 Å². The number of hydrogen-bond acceptors (Lipinski definition) is 1. The van der Waals surface area contributed by atoms with Crippen molar-refractivity contribution < 1.29 is 0 Å². The van der Waals surface area contributed by atoms with Crippen LogP contribution in [0.15, 0.2) is 231 Å². The van der Waals surface area contributed by atoms with Gasteiger partial charge in [-0.15, -0.1) is 0 Å². The standard InChI is InChI=1S/C63H47N/c1-62(2)58-22-11-9-19-55(58)57-21-13-20-53(61(57)62)45-30-37-52(38-31-45)64(50-33-26-43(27-34-50)47-25-24-42-14-7-8-15-46(42)40-47)51-35-28-44(29-36-51)48-32-39-56-54-18-10-12-23-59(54)63(3,60(56)41-48)49-16-5-4-6-17-49/h4-41H,1-3H3. The van der Waals surface area contributed by atoms with Gasteiger partial charge in [-0.05, 0) is 150 Å². The lowest BCUT2D eigenvalue weighted by Crippen LogP contribution is -2.22. The van der Waals surface area contributed by atoms with E-state index in [0.29, 0.717) is 0 Å². The summed E-state index contributed by atoms with van der Waals surface area (Å²) in [5, 5.41) is 2.50. The Morgan fingerprint density at radius 3 is 1.44 bits per heavy atom. The van der Waals surface area contributed by atoms with E-state index in [1.807, 2.05) is 0 Å². The van der Waals surface area contributed by atoms with Crippen molar-refractivity contribution in [1.82, 2.24) is 0 Å². The Morgan fingerprint density at radius 1 is 0.297 bits per heavy atom. The molecule has 2 aliphatic carbocycles. The number of fused-ring (bicyclic) bond motifs is 7. The average molecular weight is 818 g/mol.